The summed E-state index contributed by atoms with van der Waals surface area (Å²) >= 11 is 5.16. The third-order valence-electron chi connectivity index (χ3n) is 4.01. The molecule has 0 saturated carbocycles. The maximum Gasteiger partial charge on any atom is 0.238 e. The molecule has 3 rings (SSSR count). The zero-order chi connectivity index (χ0) is 19.8. The van der Waals surface area contributed by atoms with Crippen LogP contribution in [0.25, 0.3) is 0 Å². The van der Waals surface area contributed by atoms with Crippen LogP contribution in [0.1, 0.15) is 24.0 Å². The molecule has 0 spiro atoms. The van der Waals surface area contributed by atoms with Gasteiger partial charge in [0, 0.05) is 13.0 Å². The fraction of sp³-hybridized carbons (Fsp3) is 0.300. The molecule has 148 valence electrons. The SMILES string of the molecule is Cc1cccc(OCCCC(=O)NNC(=S)NCc2ccc3c(c2)OCO3)c1. The average Bonchev–Trinajstić information content (AvgIpc) is 3.16. The molecule has 1 aliphatic rings. The summed E-state index contributed by atoms with van der Waals surface area (Å²) in [6.07, 6.45) is 0.947. The van der Waals surface area contributed by atoms with Gasteiger partial charge in [0.05, 0.1) is 6.61 Å². The molecular formula is C20H23N3O4S. The summed E-state index contributed by atoms with van der Waals surface area (Å²) in [6.45, 7) is 3.23. The summed E-state index contributed by atoms with van der Waals surface area (Å²) in [7, 11) is 0. The molecule has 0 bridgehead atoms. The predicted molar refractivity (Wildman–Crippen MR) is 109 cm³/mol. The molecule has 0 radical (unpaired) electrons. The van der Waals surface area contributed by atoms with Crippen molar-refractivity contribution >= 4 is 23.2 Å². The lowest BCUT2D eigenvalue weighted by molar-refractivity contribution is -0.121. The Morgan fingerprint density at radius 1 is 1.14 bits per heavy atom. The van der Waals surface area contributed by atoms with Crippen molar-refractivity contribution in [2.75, 3.05) is 13.4 Å². The number of aryl methyl sites for hydroxylation is 1. The van der Waals surface area contributed by atoms with Crippen molar-refractivity contribution in [2.45, 2.75) is 26.3 Å². The summed E-state index contributed by atoms with van der Waals surface area (Å²) in [5.74, 6) is 2.12. The zero-order valence-corrected chi connectivity index (χ0v) is 16.4. The highest BCUT2D eigenvalue weighted by Gasteiger charge is 2.13. The van der Waals surface area contributed by atoms with Gasteiger partial charge in [0.25, 0.3) is 0 Å². The van der Waals surface area contributed by atoms with E-state index in [9.17, 15) is 4.79 Å². The maximum atomic E-state index is 11.9. The molecule has 0 aromatic heterocycles. The number of fused-ring (bicyclic) bond motifs is 1. The largest absolute Gasteiger partial charge is 0.494 e. The summed E-state index contributed by atoms with van der Waals surface area (Å²) < 4.78 is 16.2. The van der Waals surface area contributed by atoms with Crippen LogP contribution in [-0.4, -0.2) is 24.4 Å². The minimum absolute atomic E-state index is 0.153. The Morgan fingerprint density at radius 3 is 2.86 bits per heavy atom. The smallest absolute Gasteiger partial charge is 0.238 e. The number of thiocarbonyl (C=S) groups is 1. The normalized spacial score (nSPS) is 11.6. The number of carbonyl (C=O) groups is 1. The lowest BCUT2D eigenvalue weighted by Gasteiger charge is -2.12. The van der Waals surface area contributed by atoms with Crippen molar-refractivity contribution in [3.63, 3.8) is 0 Å². The lowest BCUT2D eigenvalue weighted by atomic mass is 10.2. The van der Waals surface area contributed by atoms with Gasteiger partial charge < -0.3 is 19.5 Å². The molecule has 7 nitrogen and oxygen atoms in total. The Morgan fingerprint density at radius 2 is 2.00 bits per heavy atom. The van der Waals surface area contributed by atoms with Gasteiger partial charge in [-0.2, -0.15) is 0 Å². The zero-order valence-electron chi connectivity index (χ0n) is 15.6. The van der Waals surface area contributed by atoms with E-state index in [1.807, 2.05) is 49.4 Å². The summed E-state index contributed by atoms with van der Waals surface area (Å²) in [5.41, 5.74) is 7.40. The van der Waals surface area contributed by atoms with Crippen LogP contribution in [0.3, 0.4) is 0 Å². The first-order chi connectivity index (χ1) is 13.6. The van der Waals surface area contributed by atoms with E-state index in [2.05, 4.69) is 16.2 Å². The summed E-state index contributed by atoms with van der Waals surface area (Å²) in [4.78, 5) is 11.9. The van der Waals surface area contributed by atoms with Crippen molar-refractivity contribution in [1.82, 2.24) is 16.2 Å². The Kier molecular flexibility index (Phi) is 6.91. The number of carbonyl (C=O) groups excluding carboxylic acids is 1. The highest BCUT2D eigenvalue weighted by atomic mass is 32.1. The number of nitrogens with one attached hydrogen (secondary N) is 3. The molecule has 2 aromatic rings. The monoisotopic (exact) mass is 401 g/mol. The van der Waals surface area contributed by atoms with Crippen LogP contribution in [0.5, 0.6) is 17.2 Å². The number of hydrogen-bond donors (Lipinski definition) is 3. The molecule has 1 amide bonds. The van der Waals surface area contributed by atoms with Crippen LogP contribution in [0.4, 0.5) is 0 Å². The Balaban J connectivity index is 1.28. The fourth-order valence-corrected chi connectivity index (χ4v) is 2.72. The molecule has 0 unspecified atom stereocenters. The highest BCUT2D eigenvalue weighted by Crippen LogP contribution is 2.32. The van der Waals surface area contributed by atoms with Crippen molar-refractivity contribution in [3.8, 4) is 17.2 Å². The molecule has 3 N–H and O–H groups in total. The molecule has 8 heteroatoms. The van der Waals surface area contributed by atoms with Gasteiger partial charge in [-0.1, -0.05) is 18.2 Å². The Labute approximate surface area is 169 Å². The van der Waals surface area contributed by atoms with E-state index >= 15 is 0 Å². The van der Waals surface area contributed by atoms with Crippen LogP contribution in [0.2, 0.25) is 0 Å². The van der Waals surface area contributed by atoms with Crippen LogP contribution in [-0.2, 0) is 11.3 Å². The fourth-order valence-electron chi connectivity index (χ4n) is 2.59. The van der Waals surface area contributed by atoms with Gasteiger partial charge in [0.1, 0.15) is 5.75 Å². The number of ether oxygens (including phenoxy) is 3. The van der Waals surface area contributed by atoms with Gasteiger partial charge in [-0.15, -0.1) is 0 Å². The standard InChI is InChI=1S/C20H23N3O4S/c1-14-4-2-5-16(10-14)25-9-3-6-19(24)22-23-20(28)21-12-15-7-8-17-18(11-15)27-13-26-17/h2,4-5,7-8,10-11H,3,6,9,12-13H2,1H3,(H,22,24)(H2,21,23,28). The molecular weight excluding hydrogens is 378 g/mol. The van der Waals surface area contributed by atoms with E-state index in [-0.39, 0.29) is 12.7 Å². The number of amides is 1. The minimum atomic E-state index is -0.153. The second kappa shape index (κ2) is 9.80. The first-order valence-corrected chi connectivity index (χ1v) is 9.41. The molecule has 0 fully saturated rings. The maximum absolute atomic E-state index is 11.9. The van der Waals surface area contributed by atoms with Crippen LogP contribution in [0, 0.1) is 6.92 Å². The molecule has 28 heavy (non-hydrogen) atoms. The number of rotatable bonds is 7. The summed E-state index contributed by atoms with van der Waals surface area (Å²) in [5, 5.41) is 3.36. The van der Waals surface area contributed by atoms with Gasteiger partial charge in [-0.3, -0.25) is 15.6 Å². The van der Waals surface area contributed by atoms with Gasteiger partial charge in [0.2, 0.25) is 12.7 Å². The molecule has 0 atom stereocenters. The van der Waals surface area contributed by atoms with E-state index in [0.717, 1.165) is 28.4 Å². The van der Waals surface area contributed by atoms with Gasteiger partial charge in [-0.05, 0) is 61.0 Å². The van der Waals surface area contributed by atoms with E-state index < -0.39 is 0 Å². The second-order valence-electron chi connectivity index (χ2n) is 6.31. The highest BCUT2D eigenvalue weighted by molar-refractivity contribution is 7.80. The topological polar surface area (TPSA) is 80.9 Å². The third-order valence-corrected chi connectivity index (χ3v) is 4.26. The lowest BCUT2D eigenvalue weighted by Crippen LogP contribution is -2.46. The van der Waals surface area contributed by atoms with Crippen molar-refractivity contribution < 1.29 is 19.0 Å². The van der Waals surface area contributed by atoms with Gasteiger partial charge >= 0.3 is 0 Å². The van der Waals surface area contributed by atoms with E-state index in [4.69, 9.17) is 26.4 Å². The van der Waals surface area contributed by atoms with Crippen molar-refractivity contribution in [2.24, 2.45) is 0 Å². The number of benzene rings is 2. The van der Waals surface area contributed by atoms with Crippen molar-refractivity contribution in [1.29, 1.82) is 0 Å². The predicted octanol–water partition coefficient (Wildman–Crippen LogP) is 2.58. The molecule has 0 aliphatic carbocycles. The number of hydrogen-bond acceptors (Lipinski definition) is 5. The molecule has 0 saturated heterocycles. The third kappa shape index (κ3) is 6.02. The van der Waals surface area contributed by atoms with Crippen LogP contribution >= 0.6 is 12.2 Å². The molecule has 1 aliphatic heterocycles. The summed E-state index contributed by atoms with van der Waals surface area (Å²) in [6, 6.07) is 13.5. The Hall–Kier alpha value is -3.00. The van der Waals surface area contributed by atoms with Gasteiger partial charge in [0.15, 0.2) is 16.6 Å². The van der Waals surface area contributed by atoms with Crippen LogP contribution in [0.15, 0.2) is 42.5 Å². The average molecular weight is 401 g/mol. The van der Waals surface area contributed by atoms with Crippen LogP contribution < -0.4 is 30.4 Å². The Bertz CT molecular complexity index is 844. The van der Waals surface area contributed by atoms with Gasteiger partial charge in [-0.25, -0.2) is 0 Å². The first kappa shape index (κ1) is 19.8. The first-order valence-electron chi connectivity index (χ1n) is 9.01. The number of hydrazine groups is 1. The molecule has 2 aromatic carbocycles. The van der Waals surface area contributed by atoms with Crippen molar-refractivity contribution in [3.05, 3.63) is 53.6 Å². The van der Waals surface area contributed by atoms with E-state index in [1.54, 1.807) is 0 Å². The van der Waals surface area contributed by atoms with E-state index in [0.29, 0.717) is 31.1 Å². The molecule has 1 heterocycles. The quantitative estimate of drug-likeness (QED) is 0.374. The van der Waals surface area contributed by atoms with E-state index in [1.165, 1.54) is 0 Å². The minimum Gasteiger partial charge on any atom is -0.494 e. The second-order valence-corrected chi connectivity index (χ2v) is 6.72.